The van der Waals surface area contributed by atoms with E-state index in [1.807, 2.05) is 0 Å². The van der Waals surface area contributed by atoms with Gasteiger partial charge in [0.1, 0.15) is 0 Å². The molecule has 0 atom stereocenters. The molecule has 0 amide bonds. The maximum absolute atomic E-state index is 11.6. The molecule has 1 saturated carbocycles. The lowest BCUT2D eigenvalue weighted by Gasteiger charge is -2.20. The lowest BCUT2D eigenvalue weighted by molar-refractivity contribution is 0.0410. The van der Waals surface area contributed by atoms with Gasteiger partial charge in [0.2, 0.25) is 0 Å². The Labute approximate surface area is 95.6 Å². The van der Waals surface area contributed by atoms with Crippen molar-refractivity contribution in [2.24, 2.45) is 13.0 Å². The van der Waals surface area contributed by atoms with Crippen LogP contribution in [0.1, 0.15) is 42.5 Å². The van der Waals surface area contributed by atoms with Crippen LogP contribution in [0.15, 0.2) is 12.4 Å². The van der Waals surface area contributed by atoms with Gasteiger partial charge in [-0.2, -0.15) is 5.10 Å². The molecule has 0 aliphatic heterocycles. The highest BCUT2D eigenvalue weighted by Crippen LogP contribution is 2.23. The Kier molecular flexibility index (Phi) is 3.59. The third-order valence-electron chi connectivity index (χ3n) is 3.12. The molecule has 1 aliphatic carbocycles. The summed E-state index contributed by atoms with van der Waals surface area (Å²) in [4.78, 5) is 11.6. The smallest absolute Gasteiger partial charge is 0.341 e. The van der Waals surface area contributed by atoms with E-state index in [-0.39, 0.29) is 5.97 Å². The minimum atomic E-state index is -0.251. The first-order valence-corrected chi connectivity index (χ1v) is 5.91. The molecule has 0 radical (unpaired) electrons. The molecule has 0 spiro atoms. The van der Waals surface area contributed by atoms with Crippen LogP contribution >= 0.6 is 0 Å². The average Bonchev–Trinajstić information content (AvgIpc) is 2.74. The Morgan fingerprint density at radius 1 is 1.50 bits per heavy atom. The average molecular weight is 222 g/mol. The predicted molar refractivity (Wildman–Crippen MR) is 60.1 cm³/mol. The summed E-state index contributed by atoms with van der Waals surface area (Å²) >= 11 is 0. The first-order valence-electron chi connectivity index (χ1n) is 5.91. The van der Waals surface area contributed by atoms with Crippen molar-refractivity contribution >= 4 is 5.97 Å². The van der Waals surface area contributed by atoms with Gasteiger partial charge in [0.25, 0.3) is 0 Å². The van der Waals surface area contributed by atoms with Crippen LogP contribution in [-0.2, 0) is 11.8 Å². The van der Waals surface area contributed by atoms with Crippen molar-refractivity contribution in [2.75, 3.05) is 6.61 Å². The highest BCUT2D eigenvalue weighted by molar-refractivity contribution is 5.88. The van der Waals surface area contributed by atoms with E-state index in [0.717, 1.165) is 0 Å². The van der Waals surface area contributed by atoms with E-state index < -0.39 is 0 Å². The van der Waals surface area contributed by atoms with Crippen molar-refractivity contribution in [3.63, 3.8) is 0 Å². The number of esters is 1. The molecular weight excluding hydrogens is 204 g/mol. The zero-order chi connectivity index (χ0) is 11.4. The van der Waals surface area contributed by atoms with Crippen molar-refractivity contribution in [3.05, 3.63) is 18.0 Å². The van der Waals surface area contributed by atoms with Gasteiger partial charge in [-0.25, -0.2) is 4.79 Å². The van der Waals surface area contributed by atoms with E-state index in [2.05, 4.69) is 5.10 Å². The minimum Gasteiger partial charge on any atom is -0.462 e. The molecular formula is C12H18N2O2. The van der Waals surface area contributed by atoms with Crippen molar-refractivity contribution < 1.29 is 9.53 Å². The van der Waals surface area contributed by atoms with E-state index in [0.29, 0.717) is 18.1 Å². The molecule has 1 fully saturated rings. The third kappa shape index (κ3) is 2.84. The van der Waals surface area contributed by atoms with Gasteiger partial charge in [0.15, 0.2) is 0 Å². The molecule has 0 bridgehead atoms. The van der Waals surface area contributed by atoms with E-state index >= 15 is 0 Å². The highest BCUT2D eigenvalue weighted by atomic mass is 16.5. The predicted octanol–water partition coefficient (Wildman–Crippen LogP) is 2.16. The first-order chi connectivity index (χ1) is 7.75. The van der Waals surface area contributed by atoms with Crippen molar-refractivity contribution in [3.8, 4) is 0 Å². The van der Waals surface area contributed by atoms with Crippen molar-refractivity contribution in [2.45, 2.75) is 32.1 Å². The zero-order valence-electron chi connectivity index (χ0n) is 9.69. The molecule has 16 heavy (non-hydrogen) atoms. The quantitative estimate of drug-likeness (QED) is 0.736. The van der Waals surface area contributed by atoms with E-state index in [4.69, 9.17) is 4.74 Å². The van der Waals surface area contributed by atoms with Gasteiger partial charge < -0.3 is 4.74 Å². The monoisotopic (exact) mass is 222 g/mol. The summed E-state index contributed by atoms with van der Waals surface area (Å²) in [5, 5.41) is 3.95. The number of ether oxygens (including phenoxy) is 1. The lowest BCUT2D eigenvalue weighted by atomic mass is 9.90. The lowest BCUT2D eigenvalue weighted by Crippen LogP contribution is -2.16. The van der Waals surface area contributed by atoms with Gasteiger partial charge in [-0.3, -0.25) is 4.68 Å². The second-order valence-corrected chi connectivity index (χ2v) is 4.51. The van der Waals surface area contributed by atoms with Crippen molar-refractivity contribution in [1.29, 1.82) is 0 Å². The van der Waals surface area contributed by atoms with E-state index in [1.54, 1.807) is 24.1 Å². The summed E-state index contributed by atoms with van der Waals surface area (Å²) in [6.45, 7) is 0.563. The molecule has 0 unspecified atom stereocenters. The maximum atomic E-state index is 11.6. The number of hydrogen-bond donors (Lipinski definition) is 0. The fourth-order valence-electron chi connectivity index (χ4n) is 2.16. The molecule has 1 heterocycles. The number of rotatable bonds is 3. The van der Waals surface area contributed by atoms with Gasteiger partial charge in [-0.05, 0) is 18.8 Å². The highest BCUT2D eigenvalue weighted by Gasteiger charge is 2.16. The van der Waals surface area contributed by atoms with Gasteiger partial charge >= 0.3 is 5.97 Å². The van der Waals surface area contributed by atoms with Crippen LogP contribution in [0.5, 0.6) is 0 Å². The maximum Gasteiger partial charge on any atom is 0.341 e. The molecule has 1 aliphatic rings. The largest absolute Gasteiger partial charge is 0.462 e. The van der Waals surface area contributed by atoms with Crippen LogP contribution in [0.3, 0.4) is 0 Å². The van der Waals surface area contributed by atoms with Gasteiger partial charge in [0, 0.05) is 13.2 Å². The number of aryl methyl sites for hydroxylation is 1. The van der Waals surface area contributed by atoms with E-state index in [9.17, 15) is 4.79 Å². The normalized spacial score (nSPS) is 17.3. The molecule has 88 valence electrons. The fraction of sp³-hybridized carbons (Fsp3) is 0.667. The molecule has 0 aromatic carbocycles. The van der Waals surface area contributed by atoms with Crippen LogP contribution in [0.2, 0.25) is 0 Å². The first kappa shape index (κ1) is 11.2. The standard InChI is InChI=1S/C12H18N2O2/c1-14-8-11(7-13-14)12(15)16-9-10-5-3-2-4-6-10/h7-8,10H,2-6,9H2,1H3. The topological polar surface area (TPSA) is 44.1 Å². The summed E-state index contributed by atoms with van der Waals surface area (Å²) in [5.74, 6) is 0.313. The molecule has 4 nitrogen and oxygen atoms in total. The van der Waals surface area contributed by atoms with Gasteiger partial charge in [-0.15, -0.1) is 0 Å². The Morgan fingerprint density at radius 2 is 2.25 bits per heavy atom. The van der Waals surface area contributed by atoms with Crippen molar-refractivity contribution in [1.82, 2.24) is 9.78 Å². The van der Waals surface area contributed by atoms with Crippen LogP contribution in [0.4, 0.5) is 0 Å². The van der Waals surface area contributed by atoms with Crippen LogP contribution < -0.4 is 0 Å². The number of aromatic nitrogens is 2. The third-order valence-corrected chi connectivity index (χ3v) is 3.12. The molecule has 1 aromatic rings. The molecule has 0 saturated heterocycles. The molecule has 4 heteroatoms. The Morgan fingerprint density at radius 3 is 2.88 bits per heavy atom. The molecule has 2 rings (SSSR count). The van der Waals surface area contributed by atoms with Gasteiger partial charge in [0.05, 0.1) is 18.4 Å². The summed E-state index contributed by atoms with van der Waals surface area (Å²) in [6.07, 6.45) is 9.49. The minimum absolute atomic E-state index is 0.251. The van der Waals surface area contributed by atoms with Crippen LogP contribution in [0, 0.1) is 5.92 Å². The SMILES string of the molecule is Cn1cc(C(=O)OCC2CCCCC2)cn1. The summed E-state index contributed by atoms with van der Waals surface area (Å²) in [7, 11) is 1.79. The summed E-state index contributed by atoms with van der Waals surface area (Å²) in [6, 6.07) is 0. The Hall–Kier alpha value is -1.32. The molecule has 0 N–H and O–H groups in total. The Bertz CT molecular complexity index is 354. The molecule has 1 aromatic heterocycles. The van der Waals surface area contributed by atoms with E-state index in [1.165, 1.54) is 32.1 Å². The van der Waals surface area contributed by atoms with Crippen LogP contribution in [-0.4, -0.2) is 22.4 Å². The Balaban J connectivity index is 1.79. The number of carbonyl (C=O) groups is 1. The number of hydrogen-bond acceptors (Lipinski definition) is 3. The summed E-state index contributed by atoms with van der Waals surface area (Å²) in [5.41, 5.74) is 0.540. The number of nitrogens with zero attached hydrogens (tertiary/aromatic N) is 2. The fourth-order valence-corrected chi connectivity index (χ4v) is 2.16. The second kappa shape index (κ2) is 5.14. The summed E-state index contributed by atoms with van der Waals surface area (Å²) < 4.78 is 6.90. The van der Waals surface area contributed by atoms with Gasteiger partial charge in [-0.1, -0.05) is 19.3 Å². The zero-order valence-corrected chi connectivity index (χ0v) is 9.69. The second-order valence-electron chi connectivity index (χ2n) is 4.51. The number of carbonyl (C=O) groups excluding carboxylic acids is 1. The van der Waals surface area contributed by atoms with Crippen LogP contribution in [0.25, 0.3) is 0 Å².